The van der Waals surface area contributed by atoms with Crippen molar-refractivity contribution in [1.82, 2.24) is 4.90 Å². The normalized spacial score (nSPS) is 20.6. The second-order valence-corrected chi connectivity index (χ2v) is 8.53. The lowest BCUT2D eigenvalue weighted by atomic mass is 9.92. The zero-order valence-corrected chi connectivity index (χ0v) is 16.2. The van der Waals surface area contributed by atoms with Crippen LogP contribution >= 0.6 is 11.6 Å². The fourth-order valence-corrected chi connectivity index (χ4v) is 3.40. The summed E-state index contributed by atoms with van der Waals surface area (Å²) in [5.41, 5.74) is 6.65. The lowest BCUT2D eigenvalue weighted by Gasteiger charge is -2.22. The van der Waals surface area contributed by atoms with Gasteiger partial charge in [0.25, 0.3) is 5.91 Å². The van der Waals surface area contributed by atoms with Crippen molar-refractivity contribution in [3.8, 4) is 0 Å². The number of likely N-dealkylation sites (tertiary alicyclic amines) is 1. The monoisotopic (exact) mass is 365 g/mol. The molecule has 2 rings (SSSR count). The van der Waals surface area contributed by atoms with Gasteiger partial charge in [0.2, 0.25) is 5.91 Å². The number of carbonyl (C=O) groups excluding carboxylic acids is 2. The van der Waals surface area contributed by atoms with Crippen LogP contribution in [0.4, 0.5) is 5.69 Å². The Bertz CT molecular complexity index is 655. The first-order valence-electron chi connectivity index (χ1n) is 8.71. The van der Waals surface area contributed by atoms with E-state index in [-0.39, 0.29) is 23.3 Å². The number of anilines is 1. The molecule has 0 aliphatic carbocycles. The summed E-state index contributed by atoms with van der Waals surface area (Å²) < 4.78 is 0. The van der Waals surface area contributed by atoms with E-state index in [1.54, 1.807) is 18.2 Å². The van der Waals surface area contributed by atoms with Gasteiger partial charge in [-0.25, -0.2) is 0 Å². The number of benzene rings is 1. The molecule has 2 atom stereocenters. The van der Waals surface area contributed by atoms with E-state index in [2.05, 4.69) is 5.32 Å². The molecular formula is C19H28ClN3O2. The molecule has 0 bridgehead atoms. The number of carbonyl (C=O) groups is 2. The molecule has 1 aromatic rings. The molecule has 138 valence electrons. The Morgan fingerprint density at radius 1 is 1.36 bits per heavy atom. The highest BCUT2D eigenvalue weighted by Gasteiger charge is 2.33. The van der Waals surface area contributed by atoms with Gasteiger partial charge in [-0.2, -0.15) is 0 Å². The molecule has 1 fully saturated rings. The van der Waals surface area contributed by atoms with Crippen molar-refractivity contribution < 1.29 is 9.59 Å². The SMILES string of the molecule is CC1CC(CN)CN1C(=O)c1cc(NC(=O)CC(C)(C)C)ccc1Cl. The van der Waals surface area contributed by atoms with E-state index in [1.165, 1.54) is 0 Å². The predicted molar refractivity (Wildman–Crippen MR) is 102 cm³/mol. The Labute approximate surface area is 154 Å². The number of nitrogens with two attached hydrogens (primary N) is 1. The van der Waals surface area contributed by atoms with Gasteiger partial charge in [-0.05, 0) is 49.4 Å². The minimum Gasteiger partial charge on any atom is -0.336 e. The second-order valence-electron chi connectivity index (χ2n) is 8.12. The van der Waals surface area contributed by atoms with E-state index < -0.39 is 0 Å². The van der Waals surface area contributed by atoms with Crippen molar-refractivity contribution in [3.05, 3.63) is 28.8 Å². The van der Waals surface area contributed by atoms with Crippen LogP contribution in [0.1, 0.15) is 50.9 Å². The molecule has 25 heavy (non-hydrogen) atoms. The third-order valence-electron chi connectivity index (χ3n) is 4.43. The maximum atomic E-state index is 12.9. The second kappa shape index (κ2) is 7.75. The van der Waals surface area contributed by atoms with Crippen molar-refractivity contribution >= 4 is 29.1 Å². The Morgan fingerprint density at radius 2 is 2.04 bits per heavy atom. The van der Waals surface area contributed by atoms with Crippen molar-refractivity contribution in [2.24, 2.45) is 17.1 Å². The molecule has 0 radical (unpaired) electrons. The van der Waals surface area contributed by atoms with Gasteiger partial charge in [-0.15, -0.1) is 0 Å². The number of nitrogens with zero attached hydrogens (tertiary/aromatic N) is 1. The van der Waals surface area contributed by atoms with E-state index in [0.29, 0.717) is 41.7 Å². The maximum absolute atomic E-state index is 12.9. The number of nitrogens with one attached hydrogen (secondary N) is 1. The van der Waals surface area contributed by atoms with Crippen LogP contribution in [0.15, 0.2) is 18.2 Å². The molecule has 1 aliphatic heterocycles. The minimum atomic E-state index is -0.111. The summed E-state index contributed by atoms with van der Waals surface area (Å²) in [6, 6.07) is 5.17. The summed E-state index contributed by atoms with van der Waals surface area (Å²) in [7, 11) is 0. The van der Waals surface area contributed by atoms with Gasteiger partial charge < -0.3 is 16.0 Å². The quantitative estimate of drug-likeness (QED) is 0.857. The highest BCUT2D eigenvalue weighted by Crippen LogP contribution is 2.28. The van der Waals surface area contributed by atoms with Crippen molar-refractivity contribution in [2.45, 2.75) is 46.6 Å². The van der Waals surface area contributed by atoms with Crippen LogP contribution < -0.4 is 11.1 Å². The van der Waals surface area contributed by atoms with Crippen molar-refractivity contribution in [2.75, 3.05) is 18.4 Å². The highest BCUT2D eigenvalue weighted by atomic mass is 35.5. The smallest absolute Gasteiger partial charge is 0.255 e. The summed E-state index contributed by atoms with van der Waals surface area (Å²) in [6.45, 7) is 9.26. The van der Waals surface area contributed by atoms with E-state index in [1.807, 2.05) is 32.6 Å². The van der Waals surface area contributed by atoms with Crippen LogP contribution in [0.25, 0.3) is 0 Å². The van der Waals surface area contributed by atoms with Crippen LogP contribution in [-0.4, -0.2) is 35.8 Å². The largest absolute Gasteiger partial charge is 0.336 e. The van der Waals surface area contributed by atoms with Crippen LogP contribution in [0, 0.1) is 11.3 Å². The van der Waals surface area contributed by atoms with Gasteiger partial charge >= 0.3 is 0 Å². The van der Waals surface area contributed by atoms with Gasteiger partial charge in [-0.1, -0.05) is 32.4 Å². The molecule has 0 spiro atoms. The Kier molecular flexibility index (Phi) is 6.12. The van der Waals surface area contributed by atoms with Crippen LogP contribution in [-0.2, 0) is 4.79 Å². The third kappa shape index (κ3) is 5.19. The molecule has 2 unspecified atom stereocenters. The number of hydrogen-bond acceptors (Lipinski definition) is 3. The van der Waals surface area contributed by atoms with Gasteiger partial charge in [0.15, 0.2) is 0 Å². The Hall–Kier alpha value is -1.59. The zero-order chi connectivity index (χ0) is 18.8. The first-order valence-corrected chi connectivity index (χ1v) is 9.09. The van der Waals surface area contributed by atoms with Gasteiger partial charge in [0, 0.05) is 24.7 Å². The van der Waals surface area contributed by atoms with E-state index in [4.69, 9.17) is 17.3 Å². The average molecular weight is 366 g/mol. The molecule has 1 aliphatic rings. The summed E-state index contributed by atoms with van der Waals surface area (Å²) in [5.74, 6) is 0.138. The maximum Gasteiger partial charge on any atom is 0.255 e. The first-order chi connectivity index (χ1) is 11.6. The molecule has 0 aromatic heterocycles. The zero-order valence-electron chi connectivity index (χ0n) is 15.4. The average Bonchev–Trinajstić information content (AvgIpc) is 2.87. The summed E-state index contributed by atoms with van der Waals surface area (Å²) in [4.78, 5) is 26.8. The van der Waals surface area contributed by atoms with Gasteiger partial charge in [0.05, 0.1) is 10.6 Å². The lowest BCUT2D eigenvalue weighted by molar-refractivity contribution is -0.117. The Morgan fingerprint density at radius 3 is 2.60 bits per heavy atom. The Balaban J connectivity index is 2.16. The highest BCUT2D eigenvalue weighted by molar-refractivity contribution is 6.34. The van der Waals surface area contributed by atoms with Gasteiger partial charge in [-0.3, -0.25) is 9.59 Å². The number of hydrogen-bond donors (Lipinski definition) is 2. The number of amides is 2. The van der Waals surface area contributed by atoms with Crippen molar-refractivity contribution in [3.63, 3.8) is 0 Å². The first kappa shape index (κ1) is 19.7. The number of rotatable bonds is 4. The molecule has 6 heteroatoms. The van der Waals surface area contributed by atoms with Crippen molar-refractivity contribution in [1.29, 1.82) is 0 Å². The molecular weight excluding hydrogens is 338 g/mol. The summed E-state index contributed by atoms with van der Waals surface area (Å²) >= 11 is 6.25. The fraction of sp³-hybridized carbons (Fsp3) is 0.579. The third-order valence-corrected chi connectivity index (χ3v) is 4.76. The molecule has 1 heterocycles. The minimum absolute atomic E-state index is 0.0778. The molecule has 0 saturated carbocycles. The van der Waals surface area contributed by atoms with E-state index in [9.17, 15) is 9.59 Å². The molecule has 5 nitrogen and oxygen atoms in total. The van der Waals surface area contributed by atoms with Crippen LogP contribution in [0.5, 0.6) is 0 Å². The topological polar surface area (TPSA) is 75.4 Å². The predicted octanol–water partition coefficient (Wildman–Crippen LogP) is 3.52. The van der Waals surface area contributed by atoms with Gasteiger partial charge in [0.1, 0.15) is 0 Å². The molecule has 1 aromatic carbocycles. The van der Waals surface area contributed by atoms with E-state index >= 15 is 0 Å². The fourth-order valence-electron chi connectivity index (χ4n) is 3.20. The molecule has 2 amide bonds. The lowest BCUT2D eigenvalue weighted by Crippen LogP contribution is -2.34. The summed E-state index contributed by atoms with van der Waals surface area (Å²) in [6.07, 6.45) is 1.31. The molecule has 1 saturated heterocycles. The summed E-state index contributed by atoms with van der Waals surface area (Å²) in [5, 5.41) is 3.25. The molecule has 3 N–H and O–H groups in total. The number of halogens is 1. The van der Waals surface area contributed by atoms with Crippen LogP contribution in [0.2, 0.25) is 5.02 Å². The standard InChI is InChI=1S/C19H28ClN3O2/c1-12-7-13(10-21)11-23(12)18(25)15-8-14(5-6-16(15)20)22-17(24)9-19(2,3)4/h5-6,8,12-13H,7,9-11,21H2,1-4H3,(H,22,24). The van der Waals surface area contributed by atoms with Crippen LogP contribution in [0.3, 0.4) is 0 Å². The van der Waals surface area contributed by atoms with E-state index in [0.717, 1.165) is 6.42 Å².